The van der Waals surface area contributed by atoms with Crippen LogP contribution in [0.25, 0.3) is 0 Å². The number of hydrogen-bond donors (Lipinski definition) is 2. The Bertz CT molecular complexity index is 743. The lowest BCUT2D eigenvalue weighted by molar-refractivity contribution is -0.136. The van der Waals surface area contributed by atoms with Crippen LogP contribution in [0.5, 0.6) is 0 Å². The van der Waals surface area contributed by atoms with Crippen molar-refractivity contribution in [2.45, 2.75) is 12.5 Å². The summed E-state index contributed by atoms with van der Waals surface area (Å²) in [6.45, 7) is 0. The first-order chi connectivity index (χ1) is 10.8. The summed E-state index contributed by atoms with van der Waals surface area (Å²) in [5.74, 6) is -2.58. The summed E-state index contributed by atoms with van der Waals surface area (Å²) in [4.78, 5) is 35.0. The molecule has 1 fully saturated rings. The Kier molecular flexibility index (Phi) is 4.99. The summed E-state index contributed by atoms with van der Waals surface area (Å²) >= 11 is 0. The number of ether oxygens (including phenoxy) is 1. The molecule has 0 aromatic heterocycles. The number of nitrogens with one attached hydrogen (secondary N) is 2. The molecule has 8 nitrogen and oxygen atoms in total. The van der Waals surface area contributed by atoms with Crippen LogP contribution in [0.3, 0.4) is 0 Å². The maximum absolute atomic E-state index is 11.8. The second-order valence-corrected chi connectivity index (χ2v) is 7.33. The number of hydrogen-bond acceptors (Lipinski definition) is 6. The van der Waals surface area contributed by atoms with Gasteiger partial charge in [0.2, 0.25) is 0 Å². The van der Waals surface area contributed by atoms with Gasteiger partial charge in [0.25, 0.3) is 0 Å². The predicted octanol–water partition coefficient (Wildman–Crippen LogP) is -0.285. The van der Waals surface area contributed by atoms with Gasteiger partial charge in [-0.2, -0.15) is 0 Å². The highest BCUT2D eigenvalue weighted by atomic mass is 32.2. The van der Waals surface area contributed by atoms with Crippen LogP contribution in [0.15, 0.2) is 24.3 Å². The minimum absolute atomic E-state index is 0.000734. The number of amides is 2. The van der Waals surface area contributed by atoms with Gasteiger partial charge in [-0.25, -0.2) is 13.2 Å². The van der Waals surface area contributed by atoms with E-state index < -0.39 is 33.7 Å². The van der Waals surface area contributed by atoms with E-state index in [0.717, 1.165) is 0 Å². The van der Waals surface area contributed by atoms with Crippen molar-refractivity contribution < 1.29 is 27.5 Å². The molecule has 0 spiro atoms. The molecular weight excluding hydrogens is 324 g/mol. The van der Waals surface area contributed by atoms with Crippen LogP contribution in [0.1, 0.15) is 16.8 Å². The van der Waals surface area contributed by atoms with Crippen LogP contribution in [-0.2, 0) is 24.2 Å². The number of methoxy groups -OCH3 is 1. The Labute approximate surface area is 133 Å². The largest absolute Gasteiger partial charge is 0.465 e. The van der Waals surface area contributed by atoms with Crippen LogP contribution >= 0.6 is 0 Å². The quantitative estimate of drug-likeness (QED) is 0.577. The van der Waals surface area contributed by atoms with Crippen molar-refractivity contribution in [2.75, 3.05) is 23.9 Å². The second-order valence-electron chi connectivity index (χ2n) is 5.10. The summed E-state index contributed by atoms with van der Waals surface area (Å²) in [7, 11) is -1.91. The number of sulfone groups is 1. The summed E-state index contributed by atoms with van der Waals surface area (Å²) in [6.07, 6.45) is 0.291. The van der Waals surface area contributed by atoms with E-state index in [-0.39, 0.29) is 22.8 Å². The summed E-state index contributed by atoms with van der Waals surface area (Å²) in [5, 5.41) is 4.73. The van der Waals surface area contributed by atoms with E-state index in [1.807, 2.05) is 0 Å². The normalized spacial score (nSPS) is 18.9. The van der Waals surface area contributed by atoms with E-state index in [1.165, 1.54) is 31.4 Å². The van der Waals surface area contributed by atoms with Gasteiger partial charge < -0.3 is 15.4 Å². The van der Waals surface area contributed by atoms with Crippen molar-refractivity contribution in [3.05, 3.63) is 29.8 Å². The van der Waals surface area contributed by atoms with E-state index in [2.05, 4.69) is 15.4 Å². The zero-order valence-corrected chi connectivity index (χ0v) is 13.2. The fraction of sp³-hybridized carbons (Fsp3) is 0.357. The van der Waals surface area contributed by atoms with Crippen molar-refractivity contribution in [3.63, 3.8) is 0 Å². The lowest BCUT2D eigenvalue weighted by Crippen LogP contribution is -2.42. The van der Waals surface area contributed by atoms with Gasteiger partial charge in [0, 0.05) is 11.7 Å². The molecule has 0 saturated carbocycles. The molecule has 1 aromatic rings. The summed E-state index contributed by atoms with van der Waals surface area (Å²) in [6, 6.07) is 5.36. The first-order valence-corrected chi connectivity index (χ1v) is 8.63. The van der Waals surface area contributed by atoms with Crippen LogP contribution in [0, 0.1) is 0 Å². The van der Waals surface area contributed by atoms with Crippen molar-refractivity contribution in [3.8, 4) is 0 Å². The molecule has 0 aliphatic carbocycles. The molecule has 2 N–H and O–H groups in total. The highest BCUT2D eigenvalue weighted by Crippen LogP contribution is 2.13. The molecule has 0 radical (unpaired) electrons. The molecule has 9 heteroatoms. The Morgan fingerprint density at radius 1 is 1.22 bits per heavy atom. The number of carbonyl (C=O) groups is 3. The van der Waals surface area contributed by atoms with Crippen molar-refractivity contribution >= 4 is 33.3 Å². The molecule has 1 aliphatic heterocycles. The average molecular weight is 340 g/mol. The van der Waals surface area contributed by atoms with E-state index in [1.54, 1.807) is 0 Å². The SMILES string of the molecule is COC(=O)c1cccc(NC(=O)C(=O)NC2CCS(=O)(=O)C2)c1. The zero-order valence-electron chi connectivity index (χ0n) is 12.4. The van der Waals surface area contributed by atoms with Crippen LogP contribution in [0.2, 0.25) is 0 Å². The number of anilines is 1. The monoisotopic (exact) mass is 340 g/mol. The van der Waals surface area contributed by atoms with Crippen molar-refractivity contribution in [1.29, 1.82) is 0 Å². The van der Waals surface area contributed by atoms with E-state index in [0.29, 0.717) is 6.42 Å². The van der Waals surface area contributed by atoms with Crippen LogP contribution in [0.4, 0.5) is 5.69 Å². The molecule has 1 aliphatic rings. The zero-order chi connectivity index (χ0) is 17.0. The Balaban J connectivity index is 1.96. The number of esters is 1. The highest BCUT2D eigenvalue weighted by Gasteiger charge is 2.30. The van der Waals surface area contributed by atoms with Gasteiger partial charge in [0.1, 0.15) is 0 Å². The third-order valence-corrected chi connectivity index (χ3v) is 5.08. The first kappa shape index (κ1) is 16.9. The van der Waals surface area contributed by atoms with Gasteiger partial charge >= 0.3 is 17.8 Å². The maximum atomic E-state index is 11.8. The average Bonchev–Trinajstić information content (AvgIpc) is 2.85. The van der Waals surface area contributed by atoms with E-state index in [9.17, 15) is 22.8 Å². The second kappa shape index (κ2) is 6.78. The number of benzene rings is 1. The fourth-order valence-corrected chi connectivity index (χ4v) is 3.86. The Morgan fingerprint density at radius 3 is 2.57 bits per heavy atom. The molecule has 1 unspecified atom stereocenters. The van der Waals surface area contributed by atoms with Gasteiger partial charge in [0.05, 0.1) is 24.2 Å². The molecule has 2 rings (SSSR count). The maximum Gasteiger partial charge on any atom is 0.337 e. The molecule has 124 valence electrons. The van der Waals surface area contributed by atoms with Gasteiger partial charge in [-0.3, -0.25) is 9.59 Å². The molecular formula is C14H16N2O6S. The molecule has 0 bridgehead atoms. The topological polar surface area (TPSA) is 119 Å². The number of rotatable bonds is 3. The minimum Gasteiger partial charge on any atom is -0.465 e. The minimum atomic E-state index is -3.14. The van der Waals surface area contributed by atoms with Gasteiger partial charge in [0.15, 0.2) is 9.84 Å². The molecule has 23 heavy (non-hydrogen) atoms. The predicted molar refractivity (Wildman–Crippen MR) is 81.6 cm³/mol. The molecule has 2 amide bonds. The third kappa shape index (κ3) is 4.52. The van der Waals surface area contributed by atoms with E-state index in [4.69, 9.17) is 0 Å². The number of carbonyl (C=O) groups excluding carboxylic acids is 3. The Hall–Kier alpha value is -2.42. The van der Waals surface area contributed by atoms with Gasteiger partial charge in [-0.05, 0) is 24.6 Å². The lowest BCUT2D eigenvalue weighted by Gasteiger charge is -2.11. The Morgan fingerprint density at radius 2 is 1.96 bits per heavy atom. The van der Waals surface area contributed by atoms with E-state index >= 15 is 0 Å². The van der Waals surface area contributed by atoms with Gasteiger partial charge in [-0.1, -0.05) is 6.07 Å². The smallest absolute Gasteiger partial charge is 0.337 e. The third-order valence-electron chi connectivity index (χ3n) is 3.32. The summed E-state index contributed by atoms with van der Waals surface area (Å²) < 4.78 is 27.2. The van der Waals surface area contributed by atoms with Gasteiger partial charge in [-0.15, -0.1) is 0 Å². The van der Waals surface area contributed by atoms with Crippen LogP contribution in [-0.4, -0.2) is 50.9 Å². The first-order valence-electron chi connectivity index (χ1n) is 6.81. The molecule has 1 atom stereocenters. The fourth-order valence-electron chi connectivity index (χ4n) is 2.19. The highest BCUT2D eigenvalue weighted by molar-refractivity contribution is 7.91. The lowest BCUT2D eigenvalue weighted by atomic mass is 10.2. The molecule has 1 saturated heterocycles. The summed E-state index contributed by atoms with van der Waals surface area (Å²) in [5.41, 5.74) is 0.486. The standard InChI is InChI=1S/C14H16N2O6S/c1-22-14(19)9-3-2-4-10(7-9)15-12(17)13(18)16-11-5-6-23(20,21)8-11/h2-4,7,11H,5-6,8H2,1H3,(H,15,17)(H,16,18). The molecule has 1 heterocycles. The van der Waals surface area contributed by atoms with Crippen LogP contribution < -0.4 is 10.6 Å². The van der Waals surface area contributed by atoms with Crippen molar-refractivity contribution in [1.82, 2.24) is 5.32 Å². The molecule has 1 aromatic carbocycles. The van der Waals surface area contributed by atoms with Crippen molar-refractivity contribution in [2.24, 2.45) is 0 Å².